The predicted octanol–water partition coefficient (Wildman–Crippen LogP) is 6.82. The molecule has 1 aliphatic heterocycles. The molecule has 3 aromatic carbocycles. The third-order valence-electron chi connectivity index (χ3n) is 5.57. The summed E-state index contributed by atoms with van der Waals surface area (Å²) in [6, 6.07) is 16.8. The summed E-state index contributed by atoms with van der Waals surface area (Å²) in [5, 5.41) is 0.514. The number of hydrogen-bond acceptors (Lipinski definition) is 7. The fourth-order valence-corrected chi connectivity index (χ4v) is 5.41. The number of carbonyl (C=O) groups is 2. The normalized spacial score (nSPS) is 15.2. The number of nitrogens with zero attached hydrogens (tertiary/aromatic N) is 2. The van der Waals surface area contributed by atoms with E-state index in [1.165, 1.54) is 22.7 Å². The summed E-state index contributed by atoms with van der Waals surface area (Å²) in [5.74, 6) is 0.106. The minimum absolute atomic E-state index is 0.0584. The van der Waals surface area contributed by atoms with E-state index >= 15 is 0 Å². The molecule has 0 aliphatic carbocycles. The highest BCUT2D eigenvalue weighted by molar-refractivity contribution is 14.1. The van der Waals surface area contributed by atoms with E-state index in [0.29, 0.717) is 51.6 Å². The number of likely N-dealkylation sites (N-methyl/N-ethyl adjacent to an activating group) is 1. The van der Waals surface area contributed by atoms with Gasteiger partial charge in [-0.1, -0.05) is 18.2 Å². The minimum Gasteiger partial charge on any atom is -0.490 e. The number of amidine groups is 1. The molecule has 1 amide bonds. The van der Waals surface area contributed by atoms with Gasteiger partial charge in [0.15, 0.2) is 16.7 Å². The summed E-state index contributed by atoms with van der Waals surface area (Å²) >= 11 is 3.40. The van der Waals surface area contributed by atoms with Crippen LogP contribution in [0.3, 0.4) is 0 Å². The van der Waals surface area contributed by atoms with Crippen LogP contribution in [-0.2, 0) is 16.1 Å². The highest BCUT2D eigenvalue weighted by Gasteiger charge is 2.30. The van der Waals surface area contributed by atoms with Crippen molar-refractivity contribution in [3.63, 3.8) is 0 Å². The topological polar surface area (TPSA) is 77.4 Å². The Labute approximate surface area is 244 Å². The average Bonchev–Trinajstić information content (AvgIpc) is 3.17. The van der Waals surface area contributed by atoms with Crippen molar-refractivity contribution in [1.29, 1.82) is 0 Å². The second-order valence-corrected chi connectivity index (χ2v) is 10.5. The van der Waals surface area contributed by atoms with Gasteiger partial charge >= 0.3 is 5.97 Å². The summed E-state index contributed by atoms with van der Waals surface area (Å²) in [4.78, 5) is 31.4. The predicted molar refractivity (Wildman–Crippen MR) is 159 cm³/mol. The molecule has 0 atom stereocenters. The Morgan fingerprint density at radius 3 is 2.51 bits per heavy atom. The molecular weight excluding hydrogens is 634 g/mol. The lowest BCUT2D eigenvalue weighted by Gasteiger charge is -2.15. The third kappa shape index (κ3) is 6.99. The Morgan fingerprint density at radius 1 is 1.08 bits per heavy atom. The van der Waals surface area contributed by atoms with E-state index in [1.54, 1.807) is 68.6 Å². The lowest BCUT2D eigenvalue weighted by molar-refractivity contribution is -0.121. The van der Waals surface area contributed by atoms with E-state index in [1.807, 2.05) is 13.0 Å². The molecule has 3 aromatic rings. The zero-order chi connectivity index (χ0) is 27.9. The van der Waals surface area contributed by atoms with Crippen molar-refractivity contribution in [3.8, 4) is 11.5 Å². The summed E-state index contributed by atoms with van der Waals surface area (Å²) < 4.78 is 31.6. The maximum absolute atomic E-state index is 14.1. The van der Waals surface area contributed by atoms with Crippen LogP contribution in [0.5, 0.6) is 11.5 Å². The number of hydrogen-bond donors (Lipinski definition) is 0. The fourth-order valence-electron chi connectivity index (χ4n) is 3.64. The first-order valence-corrected chi connectivity index (χ1v) is 14.1. The summed E-state index contributed by atoms with van der Waals surface area (Å²) in [6.45, 7) is 4.39. The molecule has 0 unspecified atom stereocenters. The summed E-state index contributed by atoms with van der Waals surface area (Å²) in [6.07, 6.45) is 1.78. The van der Waals surface area contributed by atoms with Crippen LogP contribution in [0.15, 0.2) is 70.6 Å². The molecule has 202 valence electrons. The van der Waals surface area contributed by atoms with Gasteiger partial charge in [0.2, 0.25) is 0 Å². The Kier molecular flexibility index (Phi) is 9.63. The first-order chi connectivity index (χ1) is 18.8. The quantitative estimate of drug-likeness (QED) is 0.143. The number of aliphatic imine (C=N–C) groups is 1. The van der Waals surface area contributed by atoms with Gasteiger partial charge in [0.25, 0.3) is 5.91 Å². The average molecular weight is 661 g/mol. The zero-order valence-electron chi connectivity index (χ0n) is 21.6. The molecule has 7 nitrogen and oxygen atoms in total. The van der Waals surface area contributed by atoms with Gasteiger partial charge in [-0.3, -0.25) is 9.69 Å². The molecule has 39 heavy (non-hydrogen) atoms. The Hall–Kier alpha value is -3.38. The third-order valence-corrected chi connectivity index (χ3v) is 7.43. The van der Waals surface area contributed by atoms with Crippen molar-refractivity contribution in [2.75, 3.05) is 20.3 Å². The number of carbonyl (C=O) groups excluding carboxylic acids is 2. The van der Waals surface area contributed by atoms with Crippen molar-refractivity contribution >= 4 is 63.2 Å². The van der Waals surface area contributed by atoms with Crippen LogP contribution in [0.1, 0.15) is 35.3 Å². The Morgan fingerprint density at radius 2 is 1.82 bits per heavy atom. The Balaban J connectivity index is 1.55. The molecule has 1 heterocycles. The number of halogens is 2. The molecule has 1 aliphatic rings. The monoisotopic (exact) mass is 660 g/mol. The van der Waals surface area contributed by atoms with Gasteiger partial charge < -0.3 is 14.2 Å². The van der Waals surface area contributed by atoms with Crippen LogP contribution < -0.4 is 9.47 Å². The van der Waals surface area contributed by atoms with Crippen LogP contribution in [0.25, 0.3) is 6.08 Å². The van der Waals surface area contributed by atoms with Crippen LogP contribution in [-0.4, -0.2) is 42.2 Å². The number of rotatable bonds is 9. The largest absolute Gasteiger partial charge is 0.490 e. The van der Waals surface area contributed by atoms with E-state index in [9.17, 15) is 14.0 Å². The van der Waals surface area contributed by atoms with Crippen LogP contribution in [0.4, 0.5) is 10.1 Å². The SMILES string of the molecule is CCOC(=O)c1ccc(N=C2S/C(=C\c3cc(I)c(OCc4ccccc4F)c(OCC)c3)C(=O)N2C)cc1. The van der Waals surface area contributed by atoms with Crippen molar-refractivity contribution < 1.29 is 28.2 Å². The minimum atomic E-state index is -0.394. The molecule has 0 N–H and O–H groups in total. The van der Waals surface area contributed by atoms with Crippen molar-refractivity contribution in [2.24, 2.45) is 4.99 Å². The molecule has 0 saturated carbocycles. The van der Waals surface area contributed by atoms with E-state index in [-0.39, 0.29) is 18.3 Å². The number of esters is 1. The van der Waals surface area contributed by atoms with Gasteiger partial charge in [-0.05, 0) is 102 Å². The van der Waals surface area contributed by atoms with Crippen LogP contribution in [0.2, 0.25) is 0 Å². The first-order valence-electron chi connectivity index (χ1n) is 12.2. The van der Waals surface area contributed by atoms with Crippen LogP contribution >= 0.6 is 34.4 Å². The van der Waals surface area contributed by atoms with E-state index in [0.717, 1.165) is 9.13 Å². The highest BCUT2D eigenvalue weighted by Crippen LogP contribution is 2.38. The molecule has 10 heteroatoms. The van der Waals surface area contributed by atoms with Gasteiger partial charge in [0.1, 0.15) is 12.4 Å². The number of thioether (sulfide) groups is 1. The first kappa shape index (κ1) is 28.6. The van der Waals surface area contributed by atoms with Gasteiger partial charge in [-0.2, -0.15) is 0 Å². The summed E-state index contributed by atoms with van der Waals surface area (Å²) in [5.41, 5.74) is 2.24. The number of ether oxygens (including phenoxy) is 3. The molecule has 1 fully saturated rings. The van der Waals surface area contributed by atoms with Gasteiger partial charge in [0.05, 0.1) is 32.9 Å². The maximum atomic E-state index is 14.1. The maximum Gasteiger partial charge on any atom is 0.338 e. The number of amides is 1. The lowest BCUT2D eigenvalue weighted by atomic mass is 10.1. The van der Waals surface area contributed by atoms with Crippen LogP contribution in [0, 0.1) is 9.39 Å². The summed E-state index contributed by atoms with van der Waals surface area (Å²) in [7, 11) is 1.66. The van der Waals surface area contributed by atoms with Gasteiger partial charge in [-0.25, -0.2) is 14.2 Å². The molecule has 0 aromatic heterocycles. The second kappa shape index (κ2) is 13.1. The molecule has 1 saturated heterocycles. The van der Waals surface area contributed by atoms with E-state index in [4.69, 9.17) is 14.2 Å². The van der Waals surface area contributed by atoms with E-state index < -0.39 is 5.97 Å². The molecular formula is C29H26FIN2O5S. The van der Waals surface area contributed by atoms with Gasteiger partial charge in [-0.15, -0.1) is 0 Å². The van der Waals surface area contributed by atoms with Crippen molar-refractivity contribution in [3.05, 3.63) is 91.6 Å². The fraction of sp³-hybridized carbons (Fsp3) is 0.207. The smallest absolute Gasteiger partial charge is 0.338 e. The number of benzene rings is 3. The molecule has 0 spiro atoms. The lowest BCUT2D eigenvalue weighted by Crippen LogP contribution is -2.23. The van der Waals surface area contributed by atoms with E-state index in [2.05, 4.69) is 27.6 Å². The molecule has 0 radical (unpaired) electrons. The second-order valence-electron chi connectivity index (χ2n) is 8.28. The highest BCUT2D eigenvalue weighted by atomic mass is 127. The van der Waals surface area contributed by atoms with Crippen molar-refractivity contribution in [1.82, 2.24) is 4.90 Å². The van der Waals surface area contributed by atoms with Gasteiger partial charge in [0, 0.05) is 12.6 Å². The van der Waals surface area contributed by atoms with Crippen molar-refractivity contribution in [2.45, 2.75) is 20.5 Å². The standard InChI is InChI=1S/C29H26FIN2O5S/c1-4-36-24-15-18(14-23(31)26(24)38-17-20-8-6-7-9-22(20)30)16-25-27(34)33(3)29(39-25)32-21-12-10-19(11-13-21)28(35)37-5-2/h6-16H,4-5,17H2,1-3H3/b25-16-,32-29?. The molecule has 0 bridgehead atoms. The molecule has 4 rings (SSSR count). The Bertz CT molecular complexity index is 1440. The zero-order valence-corrected chi connectivity index (χ0v) is 24.5.